The molecule has 18 heavy (non-hydrogen) atoms. The van der Waals surface area contributed by atoms with Gasteiger partial charge in [0.1, 0.15) is 0 Å². The van der Waals surface area contributed by atoms with Crippen LogP contribution in [0.4, 0.5) is 0 Å². The summed E-state index contributed by atoms with van der Waals surface area (Å²) in [6.07, 6.45) is 2.22. The fourth-order valence-electron chi connectivity index (χ4n) is 2.52. The SMILES string of the molecule is CCOc1c(OC)ccc(Br)c1C1(C(C)N)CC1. The molecule has 3 nitrogen and oxygen atoms in total. The van der Waals surface area contributed by atoms with Crippen LogP contribution in [0, 0.1) is 0 Å². The van der Waals surface area contributed by atoms with Crippen molar-refractivity contribution in [3.63, 3.8) is 0 Å². The van der Waals surface area contributed by atoms with E-state index in [2.05, 4.69) is 22.9 Å². The highest BCUT2D eigenvalue weighted by Crippen LogP contribution is 2.57. The molecule has 0 saturated heterocycles. The van der Waals surface area contributed by atoms with E-state index in [1.54, 1.807) is 7.11 Å². The monoisotopic (exact) mass is 313 g/mol. The highest BCUT2D eigenvalue weighted by molar-refractivity contribution is 9.10. The molecule has 0 radical (unpaired) electrons. The lowest BCUT2D eigenvalue weighted by Crippen LogP contribution is -2.32. The molecule has 0 amide bonds. The molecule has 100 valence electrons. The third kappa shape index (κ3) is 2.12. The van der Waals surface area contributed by atoms with E-state index in [9.17, 15) is 0 Å². The van der Waals surface area contributed by atoms with E-state index < -0.39 is 0 Å². The van der Waals surface area contributed by atoms with E-state index >= 15 is 0 Å². The van der Waals surface area contributed by atoms with Gasteiger partial charge < -0.3 is 15.2 Å². The van der Waals surface area contributed by atoms with E-state index in [-0.39, 0.29) is 11.5 Å². The lowest BCUT2D eigenvalue weighted by molar-refractivity contribution is 0.302. The van der Waals surface area contributed by atoms with Gasteiger partial charge in [-0.25, -0.2) is 0 Å². The minimum Gasteiger partial charge on any atom is -0.493 e. The predicted molar refractivity (Wildman–Crippen MR) is 76.4 cm³/mol. The zero-order valence-corrected chi connectivity index (χ0v) is 12.7. The van der Waals surface area contributed by atoms with Gasteiger partial charge in [0.05, 0.1) is 13.7 Å². The largest absolute Gasteiger partial charge is 0.493 e. The normalized spacial score (nSPS) is 18.3. The molecular formula is C14H20BrNO2. The van der Waals surface area contributed by atoms with Crippen molar-refractivity contribution in [1.82, 2.24) is 0 Å². The van der Waals surface area contributed by atoms with Gasteiger partial charge in [0.15, 0.2) is 11.5 Å². The topological polar surface area (TPSA) is 44.5 Å². The highest BCUT2D eigenvalue weighted by atomic mass is 79.9. The van der Waals surface area contributed by atoms with Crippen molar-refractivity contribution in [1.29, 1.82) is 0 Å². The van der Waals surface area contributed by atoms with Gasteiger partial charge in [0, 0.05) is 21.5 Å². The Kier molecular flexibility index (Phi) is 3.87. The molecule has 2 N–H and O–H groups in total. The summed E-state index contributed by atoms with van der Waals surface area (Å²) in [6, 6.07) is 4.05. The number of nitrogens with two attached hydrogens (primary N) is 1. The van der Waals surface area contributed by atoms with Gasteiger partial charge in [-0.1, -0.05) is 15.9 Å². The van der Waals surface area contributed by atoms with E-state index in [1.165, 1.54) is 5.56 Å². The maximum Gasteiger partial charge on any atom is 0.166 e. The summed E-state index contributed by atoms with van der Waals surface area (Å²) in [5.74, 6) is 1.62. The summed E-state index contributed by atoms with van der Waals surface area (Å²) in [5, 5.41) is 0. The zero-order valence-electron chi connectivity index (χ0n) is 11.1. The van der Waals surface area contributed by atoms with Crippen molar-refractivity contribution >= 4 is 15.9 Å². The lowest BCUT2D eigenvalue weighted by Gasteiger charge is -2.25. The summed E-state index contributed by atoms with van der Waals surface area (Å²) in [4.78, 5) is 0. The number of hydrogen-bond acceptors (Lipinski definition) is 3. The molecule has 1 aliphatic carbocycles. The van der Waals surface area contributed by atoms with Gasteiger partial charge in [-0.15, -0.1) is 0 Å². The van der Waals surface area contributed by atoms with Crippen LogP contribution in [0.15, 0.2) is 16.6 Å². The molecule has 0 aromatic heterocycles. The molecule has 0 aliphatic heterocycles. The molecule has 1 atom stereocenters. The van der Waals surface area contributed by atoms with Crippen LogP contribution in [0.1, 0.15) is 32.3 Å². The Labute approximate surface area is 117 Å². The molecule has 1 fully saturated rings. The van der Waals surface area contributed by atoms with Gasteiger partial charge >= 0.3 is 0 Å². The summed E-state index contributed by atoms with van der Waals surface area (Å²) in [5.41, 5.74) is 7.38. The van der Waals surface area contributed by atoms with Crippen LogP contribution in [0.3, 0.4) is 0 Å². The highest BCUT2D eigenvalue weighted by Gasteiger charge is 2.50. The minimum atomic E-state index is 0.0396. The molecule has 4 heteroatoms. The first-order valence-electron chi connectivity index (χ1n) is 6.32. The standard InChI is InChI=1S/C14H20BrNO2/c1-4-18-13-11(17-3)6-5-10(15)12(13)14(7-8-14)9(2)16/h5-6,9H,4,7-8,16H2,1-3H3. The summed E-state index contributed by atoms with van der Waals surface area (Å²) in [7, 11) is 1.67. The second kappa shape index (κ2) is 5.10. The third-order valence-electron chi connectivity index (χ3n) is 3.74. The van der Waals surface area contributed by atoms with Crippen molar-refractivity contribution in [2.45, 2.75) is 38.1 Å². The number of halogens is 1. The molecule has 0 heterocycles. The molecule has 1 aromatic carbocycles. The van der Waals surface area contributed by atoms with Crippen LogP contribution in [-0.2, 0) is 5.41 Å². The Balaban J connectivity index is 2.57. The number of methoxy groups -OCH3 is 1. The van der Waals surface area contributed by atoms with Crippen LogP contribution < -0.4 is 15.2 Å². The number of benzene rings is 1. The molecule has 1 aliphatic rings. The van der Waals surface area contributed by atoms with Crippen molar-refractivity contribution in [2.24, 2.45) is 5.73 Å². The quantitative estimate of drug-likeness (QED) is 0.907. The molecule has 0 spiro atoms. The minimum absolute atomic E-state index is 0.0396. The van der Waals surface area contributed by atoms with Crippen LogP contribution in [0.5, 0.6) is 11.5 Å². The predicted octanol–water partition coefficient (Wildman–Crippen LogP) is 3.24. The molecular weight excluding hydrogens is 294 g/mol. The Hall–Kier alpha value is -0.740. The summed E-state index contributed by atoms with van der Waals surface area (Å²) >= 11 is 3.63. The molecule has 2 rings (SSSR count). The average Bonchev–Trinajstić information content (AvgIpc) is 3.11. The average molecular weight is 314 g/mol. The Morgan fingerprint density at radius 3 is 2.56 bits per heavy atom. The molecule has 1 aromatic rings. The van der Waals surface area contributed by atoms with Crippen molar-refractivity contribution in [3.05, 3.63) is 22.2 Å². The molecule has 1 unspecified atom stereocenters. The van der Waals surface area contributed by atoms with Gasteiger partial charge in [-0.2, -0.15) is 0 Å². The smallest absolute Gasteiger partial charge is 0.166 e. The van der Waals surface area contributed by atoms with Crippen LogP contribution in [0.2, 0.25) is 0 Å². The van der Waals surface area contributed by atoms with Gasteiger partial charge in [-0.05, 0) is 38.8 Å². The second-order valence-electron chi connectivity index (χ2n) is 4.83. The summed E-state index contributed by atoms with van der Waals surface area (Å²) in [6.45, 7) is 4.67. The second-order valence-corrected chi connectivity index (χ2v) is 5.69. The van der Waals surface area contributed by atoms with Crippen LogP contribution in [0.25, 0.3) is 0 Å². The van der Waals surface area contributed by atoms with Crippen molar-refractivity contribution in [2.75, 3.05) is 13.7 Å². The first kappa shape index (κ1) is 13.7. The fraction of sp³-hybridized carbons (Fsp3) is 0.571. The van der Waals surface area contributed by atoms with Gasteiger partial charge in [0.25, 0.3) is 0 Å². The lowest BCUT2D eigenvalue weighted by atomic mass is 9.88. The van der Waals surface area contributed by atoms with Crippen molar-refractivity contribution < 1.29 is 9.47 Å². The van der Waals surface area contributed by atoms with E-state index in [0.717, 1.165) is 28.8 Å². The van der Waals surface area contributed by atoms with E-state index in [4.69, 9.17) is 15.2 Å². The maximum absolute atomic E-state index is 6.17. The summed E-state index contributed by atoms with van der Waals surface area (Å²) < 4.78 is 12.3. The number of hydrogen-bond donors (Lipinski definition) is 1. The van der Waals surface area contributed by atoms with Crippen LogP contribution >= 0.6 is 15.9 Å². The fourth-order valence-corrected chi connectivity index (χ4v) is 3.23. The number of rotatable bonds is 5. The van der Waals surface area contributed by atoms with E-state index in [1.807, 2.05) is 19.1 Å². The third-order valence-corrected chi connectivity index (χ3v) is 4.40. The first-order valence-corrected chi connectivity index (χ1v) is 7.11. The molecule has 1 saturated carbocycles. The van der Waals surface area contributed by atoms with E-state index in [0.29, 0.717) is 6.61 Å². The van der Waals surface area contributed by atoms with Crippen molar-refractivity contribution in [3.8, 4) is 11.5 Å². The maximum atomic E-state index is 6.17. The zero-order chi connectivity index (χ0) is 13.3. The Morgan fingerprint density at radius 2 is 2.11 bits per heavy atom. The molecule has 0 bridgehead atoms. The van der Waals surface area contributed by atoms with Crippen LogP contribution in [-0.4, -0.2) is 19.8 Å². The Morgan fingerprint density at radius 1 is 1.44 bits per heavy atom. The Bertz CT molecular complexity index is 442. The number of ether oxygens (including phenoxy) is 2. The first-order chi connectivity index (χ1) is 8.56. The van der Waals surface area contributed by atoms with Gasteiger partial charge in [0.2, 0.25) is 0 Å². The van der Waals surface area contributed by atoms with Gasteiger partial charge in [-0.3, -0.25) is 0 Å².